The number of amides is 1. The lowest BCUT2D eigenvalue weighted by molar-refractivity contribution is 0.0688. The van der Waals surface area contributed by atoms with E-state index in [1.165, 1.54) is 11.3 Å². The summed E-state index contributed by atoms with van der Waals surface area (Å²) in [5.41, 5.74) is 6.60. The number of benzene rings is 1. The van der Waals surface area contributed by atoms with Gasteiger partial charge in [0.15, 0.2) is 0 Å². The molecule has 1 heterocycles. The third-order valence-corrected chi connectivity index (χ3v) is 4.21. The Morgan fingerprint density at radius 3 is 2.86 bits per heavy atom. The van der Waals surface area contributed by atoms with Gasteiger partial charge in [-0.3, -0.25) is 4.79 Å². The van der Waals surface area contributed by atoms with Gasteiger partial charge in [0.25, 0.3) is 5.91 Å². The Hall–Kier alpha value is -1.63. The second-order valence-electron chi connectivity index (χ2n) is 4.56. The zero-order valence-electron chi connectivity index (χ0n) is 12.1. The Balaban J connectivity index is 1.81. The number of carbonyl (C=O) groups is 1. The molecule has 0 saturated carbocycles. The molecule has 2 rings (SSSR count). The maximum Gasteiger partial charge on any atom is 0.263 e. The van der Waals surface area contributed by atoms with Gasteiger partial charge in [-0.1, -0.05) is 18.2 Å². The quantitative estimate of drug-likeness (QED) is 0.734. The first-order valence-electron chi connectivity index (χ1n) is 6.86. The van der Waals surface area contributed by atoms with Crippen LogP contribution in [0.25, 0.3) is 10.1 Å². The van der Waals surface area contributed by atoms with E-state index in [0.717, 1.165) is 16.5 Å². The molecule has 0 fully saturated rings. The standard InChI is InChI=1S/C15H20N2O3S/c1-19-9-10-20-8-4-7-17-15(18)14-13(16)11-5-2-3-6-12(11)21-14/h2-3,5-6H,4,7-10,16H2,1H3,(H,17,18). The van der Waals surface area contributed by atoms with Gasteiger partial charge in [-0.05, 0) is 12.5 Å². The molecule has 1 aromatic heterocycles. The topological polar surface area (TPSA) is 73.6 Å². The number of rotatable bonds is 8. The fourth-order valence-electron chi connectivity index (χ4n) is 1.93. The van der Waals surface area contributed by atoms with Gasteiger partial charge in [0.1, 0.15) is 4.88 Å². The van der Waals surface area contributed by atoms with Crippen LogP contribution in [0.1, 0.15) is 16.1 Å². The van der Waals surface area contributed by atoms with E-state index in [2.05, 4.69) is 5.32 Å². The molecule has 2 aromatic rings. The number of hydrogen-bond donors (Lipinski definition) is 2. The van der Waals surface area contributed by atoms with Gasteiger partial charge in [0.2, 0.25) is 0 Å². The van der Waals surface area contributed by atoms with Crippen LogP contribution in [0.2, 0.25) is 0 Å². The highest BCUT2D eigenvalue weighted by Gasteiger charge is 2.15. The molecule has 0 radical (unpaired) electrons. The summed E-state index contributed by atoms with van der Waals surface area (Å²) < 4.78 is 11.2. The van der Waals surface area contributed by atoms with E-state index in [9.17, 15) is 4.79 Å². The molecule has 21 heavy (non-hydrogen) atoms. The monoisotopic (exact) mass is 308 g/mol. The fourth-order valence-corrected chi connectivity index (χ4v) is 2.97. The van der Waals surface area contributed by atoms with Crippen molar-refractivity contribution in [3.63, 3.8) is 0 Å². The van der Waals surface area contributed by atoms with E-state index in [1.54, 1.807) is 7.11 Å². The summed E-state index contributed by atoms with van der Waals surface area (Å²) in [6, 6.07) is 7.76. The van der Waals surface area contributed by atoms with Gasteiger partial charge in [-0.15, -0.1) is 11.3 Å². The van der Waals surface area contributed by atoms with Gasteiger partial charge in [-0.2, -0.15) is 0 Å². The Bertz CT molecular complexity index is 598. The summed E-state index contributed by atoms with van der Waals surface area (Å²) >= 11 is 1.42. The molecule has 0 aliphatic heterocycles. The third kappa shape index (κ3) is 4.17. The summed E-state index contributed by atoms with van der Waals surface area (Å²) in [5.74, 6) is -0.120. The van der Waals surface area contributed by atoms with Gasteiger partial charge < -0.3 is 20.5 Å². The molecule has 0 bridgehead atoms. The van der Waals surface area contributed by atoms with Crippen molar-refractivity contribution in [3.8, 4) is 0 Å². The minimum absolute atomic E-state index is 0.120. The van der Waals surface area contributed by atoms with Crippen molar-refractivity contribution in [1.82, 2.24) is 5.32 Å². The largest absolute Gasteiger partial charge is 0.397 e. The van der Waals surface area contributed by atoms with Gasteiger partial charge in [0, 0.05) is 30.3 Å². The summed E-state index contributed by atoms with van der Waals surface area (Å²) in [7, 11) is 1.64. The number of nitrogens with one attached hydrogen (secondary N) is 1. The van der Waals surface area contributed by atoms with E-state index in [-0.39, 0.29) is 5.91 Å². The summed E-state index contributed by atoms with van der Waals surface area (Å²) in [5, 5.41) is 3.81. The number of hydrogen-bond acceptors (Lipinski definition) is 5. The second-order valence-corrected chi connectivity index (χ2v) is 5.61. The molecular formula is C15H20N2O3S. The van der Waals surface area contributed by atoms with Gasteiger partial charge in [-0.25, -0.2) is 0 Å². The zero-order chi connectivity index (χ0) is 15.1. The highest BCUT2D eigenvalue weighted by molar-refractivity contribution is 7.21. The van der Waals surface area contributed by atoms with Crippen molar-refractivity contribution in [1.29, 1.82) is 0 Å². The summed E-state index contributed by atoms with van der Waals surface area (Å²) in [6.07, 6.45) is 0.764. The van der Waals surface area contributed by atoms with E-state index in [1.807, 2.05) is 24.3 Å². The first-order chi connectivity index (χ1) is 10.2. The molecule has 0 saturated heterocycles. The lowest BCUT2D eigenvalue weighted by atomic mass is 10.2. The van der Waals surface area contributed by atoms with E-state index >= 15 is 0 Å². The number of anilines is 1. The van der Waals surface area contributed by atoms with E-state index in [0.29, 0.717) is 36.9 Å². The SMILES string of the molecule is COCCOCCCNC(=O)c1sc2ccccc2c1N. The average Bonchev–Trinajstić information content (AvgIpc) is 2.84. The van der Waals surface area contributed by atoms with Crippen molar-refractivity contribution in [3.05, 3.63) is 29.1 Å². The molecule has 0 atom stereocenters. The number of ether oxygens (including phenoxy) is 2. The van der Waals surface area contributed by atoms with E-state index < -0.39 is 0 Å². The number of nitrogens with two attached hydrogens (primary N) is 1. The maximum atomic E-state index is 12.1. The molecule has 3 N–H and O–H groups in total. The summed E-state index contributed by atoms with van der Waals surface area (Å²) in [4.78, 5) is 12.7. The Morgan fingerprint density at radius 1 is 1.29 bits per heavy atom. The molecular weight excluding hydrogens is 288 g/mol. The third-order valence-electron chi connectivity index (χ3n) is 3.02. The predicted molar refractivity (Wildman–Crippen MR) is 85.9 cm³/mol. The van der Waals surface area contributed by atoms with Crippen molar-refractivity contribution < 1.29 is 14.3 Å². The first-order valence-corrected chi connectivity index (χ1v) is 7.67. The highest BCUT2D eigenvalue weighted by atomic mass is 32.1. The molecule has 0 spiro atoms. The smallest absolute Gasteiger partial charge is 0.263 e. The lowest BCUT2D eigenvalue weighted by Crippen LogP contribution is -2.25. The molecule has 5 nitrogen and oxygen atoms in total. The Labute approximate surface area is 128 Å². The van der Waals surface area contributed by atoms with Crippen LogP contribution >= 0.6 is 11.3 Å². The predicted octanol–water partition coefficient (Wildman–Crippen LogP) is 2.27. The van der Waals surface area contributed by atoms with Gasteiger partial charge >= 0.3 is 0 Å². The van der Waals surface area contributed by atoms with Crippen molar-refractivity contribution in [2.24, 2.45) is 0 Å². The Kier molecular flexibility index (Phi) is 5.98. The second kappa shape index (κ2) is 7.97. The van der Waals surface area contributed by atoms with Crippen LogP contribution < -0.4 is 11.1 Å². The fraction of sp³-hybridized carbons (Fsp3) is 0.400. The number of carbonyl (C=O) groups excluding carboxylic acids is 1. The molecule has 114 valence electrons. The molecule has 1 amide bonds. The minimum atomic E-state index is -0.120. The number of thiophene rings is 1. The molecule has 1 aromatic carbocycles. The van der Waals surface area contributed by atoms with Crippen LogP contribution in [0.4, 0.5) is 5.69 Å². The maximum absolute atomic E-state index is 12.1. The van der Waals surface area contributed by atoms with Crippen molar-refractivity contribution in [2.45, 2.75) is 6.42 Å². The number of fused-ring (bicyclic) bond motifs is 1. The first kappa shape index (κ1) is 15.8. The molecule has 6 heteroatoms. The average molecular weight is 308 g/mol. The number of nitrogen functional groups attached to an aromatic ring is 1. The highest BCUT2D eigenvalue weighted by Crippen LogP contribution is 2.33. The molecule has 0 unspecified atom stereocenters. The van der Waals surface area contributed by atoms with Crippen LogP contribution in [0.5, 0.6) is 0 Å². The summed E-state index contributed by atoms with van der Waals surface area (Å²) in [6.45, 7) is 2.34. The zero-order valence-corrected chi connectivity index (χ0v) is 12.9. The van der Waals surface area contributed by atoms with Crippen molar-refractivity contribution >= 4 is 33.0 Å². The normalized spacial score (nSPS) is 10.9. The van der Waals surface area contributed by atoms with Crippen molar-refractivity contribution in [2.75, 3.05) is 39.2 Å². The van der Waals surface area contributed by atoms with Gasteiger partial charge in [0.05, 0.1) is 18.9 Å². The van der Waals surface area contributed by atoms with Crippen LogP contribution in [0, 0.1) is 0 Å². The van der Waals surface area contributed by atoms with Crippen LogP contribution in [0.15, 0.2) is 24.3 Å². The number of methoxy groups -OCH3 is 1. The molecule has 0 aliphatic carbocycles. The lowest BCUT2D eigenvalue weighted by Gasteiger charge is -2.05. The molecule has 0 aliphatic rings. The van der Waals surface area contributed by atoms with Crippen LogP contribution in [0.3, 0.4) is 0 Å². The van der Waals surface area contributed by atoms with E-state index in [4.69, 9.17) is 15.2 Å². The Morgan fingerprint density at radius 2 is 2.10 bits per heavy atom. The van der Waals surface area contributed by atoms with Crippen LogP contribution in [-0.2, 0) is 9.47 Å². The van der Waals surface area contributed by atoms with Crippen LogP contribution in [-0.4, -0.2) is 39.4 Å². The minimum Gasteiger partial charge on any atom is -0.397 e.